The van der Waals surface area contributed by atoms with Crippen molar-refractivity contribution >= 4 is 0 Å². The molecule has 1 aliphatic rings. The summed E-state index contributed by atoms with van der Waals surface area (Å²) in [5.41, 5.74) is 4.39. The van der Waals surface area contributed by atoms with Gasteiger partial charge in [0.2, 0.25) is 0 Å². The van der Waals surface area contributed by atoms with Crippen LogP contribution in [0.25, 0.3) is 34.3 Å². The third kappa shape index (κ3) is 4.59. The maximum atomic E-state index is 12.4. The summed E-state index contributed by atoms with van der Waals surface area (Å²) in [5.74, 6) is 1.82. The molecule has 1 aromatic carbocycles. The monoisotopic (exact) mass is 472 g/mol. The number of pyridine rings is 1. The molecule has 0 radical (unpaired) electrons. The van der Waals surface area contributed by atoms with E-state index in [9.17, 15) is 4.79 Å². The normalized spacial score (nSPS) is 14.2. The van der Waals surface area contributed by atoms with Crippen molar-refractivity contribution in [3.05, 3.63) is 64.3 Å². The largest absolute Gasteiger partial charge is 0.496 e. The number of ether oxygens (including phenoxy) is 1. The molecule has 0 bridgehead atoms. The molecule has 1 aliphatic carbocycles. The van der Waals surface area contributed by atoms with Crippen LogP contribution >= 0.6 is 0 Å². The van der Waals surface area contributed by atoms with Crippen LogP contribution in [-0.2, 0) is 6.54 Å². The number of nitrogens with one attached hydrogen (secondary N) is 1. The van der Waals surface area contributed by atoms with Crippen molar-refractivity contribution in [3.63, 3.8) is 0 Å². The van der Waals surface area contributed by atoms with Crippen molar-refractivity contribution in [1.29, 1.82) is 0 Å². The second-order valence-corrected chi connectivity index (χ2v) is 8.91. The Hall–Kier alpha value is -3.85. The van der Waals surface area contributed by atoms with Crippen LogP contribution in [0.1, 0.15) is 37.1 Å². The average Bonchev–Trinajstić information content (AvgIpc) is 3.61. The van der Waals surface area contributed by atoms with Crippen molar-refractivity contribution in [3.8, 4) is 40.0 Å². The number of hydrogen-bond acceptors (Lipinski definition) is 8. The first-order valence-electron chi connectivity index (χ1n) is 11.7. The third-order valence-electron chi connectivity index (χ3n) is 6.44. The maximum absolute atomic E-state index is 12.4. The number of aryl methyl sites for hydroxylation is 1. The van der Waals surface area contributed by atoms with Gasteiger partial charge in [-0.1, -0.05) is 6.07 Å². The van der Waals surface area contributed by atoms with Crippen molar-refractivity contribution < 1.29 is 9.15 Å². The summed E-state index contributed by atoms with van der Waals surface area (Å²) in [6.45, 7) is 4.66. The summed E-state index contributed by atoms with van der Waals surface area (Å²) in [6, 6.07) is 9.36. The number of nitrogens with zero attached hydrogens (tertiary/aromatic N) is 5. The van der Waals surface area contributed by atoms with E-state index in [4.69, 9.17) is 14.1 Å². The smallest absolute Gasteiger partial charge is 0.268 e. The van der Waals surface area contributed by atoms with Gasteiger partial charge in [0, 0.05) is 30.4 Å². The minimum atomic E-state index is -0.00956. The quantitative estimate of drug-likeness (QED) is 0.410. The van der Waals surface area contributed by atoms with Crippen LogP contribution in [0, 0.1) is 12.8 Å². The molecule has 9 nitrogen and oxygen atoms in total. The summed E-state index contributed by atoms with van der Waals surface area (Å²) >= 11 is 0. The van der Waals surface area contributed by atoms with Crippen LogP contribution in [0.5, 0.6) is 5.75 Å². The van der Waals surface area contributed by atoms with E-state index in [0.717, 1.165) is 30.5 Å². The predicted molar refractivity (Wildman–Crippen MR) is 132 cm³/mol. The standard InChI is InChI=1S/C26H28N6O3/c1-15-24(26-31-30-25(35-26)20-9-5-17(12-27-3)11-22(20)34-4)29-21(13-28-15)19-8-10-23(33)32(14-19)16(2)18-6-7-18/h5,8-11,13-14,16,18,27H,6-7,12H2,1-4H3. The molecule has 1 saturated carbocycles. The van der Waals surface area contributed by atoms with E-state index >= 15 is 0 Å². The molecule has 4 aromatic rings. The Balaban J connectivity index is 1.49. The zero-order valence-corrected chi connectivity index (χ0v) is 20.3. The molecule has 1 fully saturated rings. The van der Waals surface area contributed by atoms with Crippen LogP contribution in [0.2, 0.25) is 0 Å². The Morgan fingerprint density at radius 1 is 1.20 bits per heavy atom. The summed E-state index contributed by atoms with van der Waals surface area (Å²) in [7, 11) is 3.51. The Morgan fingerprint density at radius 3 is 2.74 bits per heavy atom. The number of aromatic nitrogens is 5. The van der Waals surface area contributed by atoms with E-state index in [-0.39, 0.29) is 17.5 Å². The number of rotatable bonds is 8. The molecule has 9 heteroatoms. The molecule has 1 atom stereocenters. The fourth-order valence-corrected chi connectivity index (χ4v) is 4.22. The molecule has 3 aromatic heterocycles. The van der Waals surface area contributed by atoms with Gasteiger partial charge in [0.1, 0.15) is 11.4 Å². The van der Waals surface area contributed by atoms with Gasteiger partial charge >= 0.3 is 0 Å². The van der Waals surface area contributed by atoms with Crippen molar-refractivity contribution in [2.24, 2.45) is 5.92 Å². The molecule has 35 heavy (non-hydrogen) atoms. The summed E-state index contributed by atoms with van der Waals surface area (Å²) in [6.07, 6.45) is 5.89. The topological polar surface area (TPSA) is 108 Å². The van der Waals surface area contributed by atoms with Crippen LogP contribution in [-0.4, -0.2) is 38.9 Å². The van der Waals surface area contributed by atoms with Gasteiger partial charge < -0.3 is 19.0 Å². The predicted octanol–water partition coefficient (Wildman–Crippen LogP) is 4.03. The van der Waals surface area contributed by atoms with E-state index in [1.54, 1.807) is 30.0 Å². The van der Waals surface area contributed by atoms with Gasteiger partial charge in [0.25, 0.3) is 17.3 Å². The lowest BCUT2D eigenvalue weighted by Crippen LogP contribution is -2.23. The van der Waals surface area contributed by atoms with Gasteiger partial charge in [0.15, 0.2) is 0 Å². The number of benzene rings is 1. The second-order valence-electron chi connectivity index (χ2n) is 8.91. The van der Waals surface area contributed by atoms with Crippen molar-refractivity contribution in [2.45, 2.75) is 39.3 Å². The molecule has 0 spiro atoms. The van der Waals surface area contributed by atoms with E-state index in [0.29, 0.717) is 40.2 Å². The molecule has 3 heterocycles. The highest BCUT2D eigenvalue weighted by Crippen LogP contribution is 2.39. The molecule has 0 saturated heterocycles. The van der Waals surface area contributed by atoms with Gasteiger partial charge in [-0.25, -0.2) is 4.98 Å². The fourth-order valence-electron chi connectivity index (χ4n) is 4.22. The first-order chi connectivity index (χ1) is 17.0. The van der Waals surface area contributed by atoms with Crippen molar-refractivity contribution in [2.75, 3.05) is 14.2 Å². The van der Waals surface area contributed by atoms with Crippen LogP contribution < -0.4 is 15.6 Å². The Morgan fingerprint density at radius 2 is 2.00 bits per heavy atom. The highest BCUT2D eigenvalue weighted by molar-refractivity contribution is 5.66. The first-order valence-corrected chi connectivity index (χ1v) is 11.7. The van der Waals surface area contributed by atoms with E-state index < -0.39 is 0 Å². The summed E-state index contributed by atoms with van der Waals surface area (Å²) in [4.78, 5) is 21.7. The Kier molecular flexibility index (Phi) is 6.17. The minimum Gasteiger partial charge on any atom is -0.496 e. The lowest BCUT2D eigenvalue weighted by atomic mass is 10.1. The molecular weight excluding hydrogens is 444 g/mol. The van der Waals surface area contributed by atoms with Gasteiger partial charge in [-0.3, -0.25) is 9.78 Å². The molecule has 1 N–H and O–H groups in total. The van der Waals surface area contributed by atoms with Crippen LogP contribution in [0.15, 0.2) is 51.9 Å². The van der Waals surface area contributed by atoms with Gasteiger partial charge in [-0.2, -0.15) is 0 Å². The van der Waals surface area contributed by atoms with Gasteiger partial charge in [0.05, 0.1) is 30.3 Å². The third-order valence-corrected chi connectivity index (χ3v) is 6.44. The molecule has 180 valence electrons. The second kappa shape index (κ2) is 9.42. The number of hydrogen-bond donors (Lipinski definition) is 1. The average molecular weight is 473 g/mol. The van der Waals surface area contributed by atoms with Crippen molar-refractivity contribution in [1.82, 2.24) is 30.0 Å². The van der Waals surface area contributed by atoms with Gasteiger partial charge in [-0.15, -0.1) is 10.2 Å². The van der Waals surface area contributed by atoms with Gasteiger partial charge in [-0.05, 0) is 63.4 Å². The molecular formula is C26H28N6O3. The van der Waals surface area contributed by atoms with Crippen LogP contribution in [0.4, 0.5) is 0 Å². The van der Waals surface area contributed by atoms with E-state index in [2.05, 4.69) is 27.4 Å². The van der Waals surface area contributed by atoms with E-state index in [1.807, 2.05) is 38.4 Å². The summed E-state index contributed by atoms with van der Waals surface area (Å²) < 4.78 is 13.4. The lowest BCUT2D eigenvalue weighted by molar-refractivity contribution is 0.413. The zero-order valence-electron chi connectivity index (χ0n) is 20.3. The lowest BCUT2D eigenvalue weighted by Gasteiger charge is -2.15. The molecule has 5 rings (SSSR count). The SMILES string of the molecule is CNCc1ccc(-c2nnc(-c3nc(-c4ccc(=O)n(C(C)C5CC5)c4)cnc3C)o2)c(OC)c1. The minimum absolute atomic E-state index is 0.00956. The molecule has 0 aliphatic heterocycles. The molecule has 0 amide bonds. The van der Waals surface area contributed by atoms with Crippen LogP contribution in [0.3, 0.4) is 0 Å². The maximum Gasteiger partial charge on any atom is 0.268 e. The zero-order chi connectivity index (χ0) is 24.5. The Labute approximate surface area is 203 Å². The Bertz CT molecular complexity index is 1420. The highest BCUT2D eigenvalue weighted by atomic mass is 16.5. The van der Waals surface area contributed by atoms with E-state index in [1.165, 1.54) is 0 Å². The fraction of sp³-hybridized carbons (Fsp3) is 0.346. The summed E-state index contributed by atoms with van der Waals surface area (Å²) in [5, 5.41) is 11.6. The first kappa shape index (κ1) is 22.9. The number of methoxy groups -OCH3 is 1. The molecule has 1 unspecified atom stereocenters. The highest BCUT2D eigenvalue weighted by Gasteiger charge is 2.29.